The molecule has 0 amide bonds. The zero-order valence-corrected chi connectivity index (χ0v) is 6.44. The maximum Gasteiger partial charge on any atom is 0.204 e. The highest BCUT2D eigenvalue weighted by Gasteiger charge is 2.49. The standard InChI is InChI=1S/C8H12O2/c1-3-8(4-2)5-6(9)7(8)10/h3-5H2,1-2H3. The molecule has 0 saturated heterocycles. The molecule has 0 N–H and O–H groups in total. The quantitative estimate of drug-likeness (QED) is 0.542. The van der Waals surface area contributed by atoms with Crippen LogP contribution in [0.2, 0.25) is 0 Å². The Morgan fingerprint density at radius 2 is 1.80 bits per heavy atom. The van der Waals surface area contributed by atoms with Crippen LogP contribution >= 0.6 is 0 Å². The molecule has 0 aromatic heterocycles. The summed E-state index contributed by atoms with van der Waals surface area (Å²) in [5, 5.41) is 0. The van der Waals surface area contributed by atoms with Crippen molar-refractivity contribution >= 4 is 11.6 Å². The van der Waals surface area contributed by atoms with Gasteiger partial charge in [-0.2, -0.15) is 0 Å². The smallest absolute Gasteiger partial charge is 0.204 e. The zero-order valence-electron chi connectivity index (χ0n) is 6.44. The van der Waals surface area contributed by atoms with E-state index in [1.54, 1.807) is 0 Å². The van der Waals surface area contributed by atoms with Crippen molar-refractivity contribution in [2.45, 2.75) is 33.1 Å². The minimum Gasteiger partial charge on any atom is -0.291 e. The lowest BCUT2D eigenvalue weighted by Gasteiger charge is -2.36. The molecular weight excluding hydrogens is 128 g/mol. The number of ketones is 2. The SMILES string of the molecule is CCC1(CC)CC(=O)C1=O. The number of rotatable bonds is 2. The Morgan fingerprint density at radius 3 is 1.90 bits per heavy atom. The maximum atomic E-state index is 11.0. The Balaban J connectivity index is 2.72. The molecule has 0 spiro atoms. The van der Waals surface area contributed by atoms with E-state index in [-0.39, 0.29) is 17.0 Å². The van der Waals surface area contributed by atoms with E-state index in [9.17, 15) is 9.59 Å². The van der Waals surface area contributed by atoms with Crippen molar-refractivity contribution < 1.29 is 9.59 Å². The van der Waals surface area contributed by atoms with Crippen molar-refractivity contribution in [1.82, 2.24) is 0 Å². The first-order valence-electron chi connectivity index (χ1n) is 3.74. The summed E-state index contributed by atoms with van der Waals surface area (Å²) >= 11 is 0. The summed E-state index contributed by atoms with van der Waals surface area (Å²) in [6.07, 6.45) is 2.11. The zero-order chi connectivity index (χ0) is 7.78. The van der Waals surface area contributed by atoms with Crippen LogP contribution < -0.4 is 0 Å². The van der Waals surface area contributed by atoms with Crippen molar-refractivity contribution in [3.8, 4) is 0 Å². The molecular formula is C8H12O2. The van der Waals surface area contributed by atoms with Gasteiger partial charge >= 0.3 is 0 Å². The molecule has 2 heteroatoms. The summed E-state index contributed by atoms with van der Waals surface area (Å²) in [5.41, 5.74) is -0.253. The molecule has 10 heavy (non-hydrogen) atoms. The van der Waals surface area contributed by atoms with Gasteiger partial charge in [0.15, 0.2) is 5.78 Å². The van der Waals surface area contributed by atoms with Crippen molar-refractivity contribution in [3.63, 3.8) is 0 Å². The van der Waals surface area contributed by atoms with Gasteiger partial charge in [0.05, 0.1) is 0 Å². The predicted octanol–water partition coefficient (Wildman–Crippen LogP) is 1.33. The Labute approximate surface area is 60.6 Å². The third-order valence-electron chi connectivity index (χ3n) is 2.59. The molecule has 1 aliphatic rings. The number of hydrogen-bond acceptors (Lipinski definition) is 2. The van der Waals surface area contributed by atoms with Crippen molar-refractivity contribution in [1.29, 1.82) is 0 Å². The van der Waals surface area contributed by atoms with Gasteiger partial charge in [-0.05, 0) is 12.8 Å². The van der Waals surface area contributed by atoms with Crippen LogP contribution in [0.3, 0.4) is 0 Å². The molecule has 0 aromatic rings. The second-order valence-corrected chi connectivity index (χ2v) is 2.92. The summed E-state index contributed by atoms with van der Waals surface area (Å²) in [7, 11) is 0. The number of carbonyl (C=O) groups excluding carboxylic acids is 2. The lowest BCUT2D eigenvalue weighted by molar-refractivity contribution is -0.154. The van der Waals surface area contributed by atoms with Crippen LogP contribution in [0.4, 0.5) is 0 Å². The molecule has 56 valence electrons. The highest BCUT2D eigenvalue weighted by molar-refractivity contribution is 6.46. The molecule has 0 bridgehead atoms. The molecule has 0 radical (unpaired) electrons. The summed E-state index contributed by atoms with van der Waals surface area (Å²) in [4.78, 5) is 21.6. The van der Waals surface area contributed by atoms with Crippen molar-refractivity contribution in [2.24, 2.45) is 5.41 Å². The topological polar surface area (TPSA) is 34.1 Å². The van der Waals surface area contributed by atoms with Gasteiger partial charge in [0.2, 0.25) is 5.78 Å². The fraction of sp³-hybridized carbons (Fsp3) is 0.750. The normalized spacial score (nSPS) is 22.6. The number of Topliss-reactive ketones (excluding diaryl/α,β-unsaturated/α-hetero) is 2. The predicted molar refractivity (Wildman–Crippen MR) is 37.6 cm³/mol. The van der Waals surface area contributed by atoms with Gasteiger partial charge in [-0.25, -0.2) is 0 Å². The van der Waals surface area contributed by atoms with Crippen LogP contribution in [-0.4, -0.2) is 11.6 Å². The monoisotopic (exact) mass is 140 g/mol. The number of carbonyl (C=O) groups is 2. The second kappa shape index (κ2) is 2.19. The van der Waals surface area contributed by atoms with Gasteiger partial charge in [0, 0.05) is 11.8 Å². The van der Waals surface area contributed by atoms with Gasteiger partial charge in [0.1, 0.15) is 0 Å². The molecule has 1 fully saturated rings. The molecule has 1 saturated carbocycles. The van der Waals surface area contributed by atoms with Crippen molar-refractivity contribution in [2.75, 3.05) is 0 Å². The van der Waals surface area contributed by atoms with Gasteiger partial charge in [-0.1, -0.05) is 13.8 Å². The molecule has 0 heterocycles. The molecule has 1 aliphatic carbocycles. The molecule has 1 rings (SSSR count). The van der Waals surface area contributed by atoms with Gasteiger partial charge in [-0.3, -0.25) is 9.59 Å². The van der Waals surface area contributed by atoms with Gasteiger partial charge < -0.3 is 0 Å². The summed E-state index contributed by atoms with van der Waals surface area (Å²) in [6, 6.07) is 0. The van der Waals surface area contributed by atoms with E-state index in [4.69, 9.17) is 0 Å². The second-order valence-electron chi connectivity index (χ2n) is 2.92. The van der Waals surface area contributed by atoms with E-state index in [2.05, 4.69) is 0 Å². The van der Waals surface area contributed by atoms with Gasteiger partial charge in [0.25, 0.3) is 0 Å². The lowest BCUT2D eigenvalue weighted by Crippen LogP contribution is -2.48. The molecule has 0 atom stereocenters. The average Bonchev–Trinajstić information content (AvgIpc) is 1.99. The lowest BCUT2D eigenvalue weighted by atomic mass is 9.63. The first-order valence-corrected chi connectivity index (χ1v) is 3.74. The van der Waals surface area contributed by atoms with Crippen LogP contribution in [0.25, 0.3) is 0 Å². The van der Waals surface area contributed by atoms with Crippen molar-refractivity contribution in [3.05, 3.63) is 0 Å². The average molecular weight is 140 g/mol. The fourth-order valence-electron chi connectivity index (χ4n) is 1.48. The van der Waals surface area contributed by atoms with E-state index < -0.39 is 0 Å². The summed E-state index contributed by atoms with van der Waals surface area (Å²) in [6.45, 7) is 3.93. The maximum absolute atomic E-state index is 11.0. The Hall–Kier alpha value is -0.660. The number of hydrogen-bond donors (Lipinski definition) is 0. The third-order valence-corrected chi connectivity index (χ3v) is 2.59. The fourth-order valence-corrected chi connectivity index (χ4v) is 1.48. The Bertz CT molecular complexity index is 178. The summed E-state index contributed by atoms with van der Waals surface area (Å²) in [5.74, 6) is -0.318. The Morgan fingerprint density at radius 1 is 1.30 bits per heavy atom. The van der Waals surface area contributed by atoms with Crippen LogP contribution in [0.15, 0.2) is 0 Å². The van der Waals surface area contributed by atoms with E-state index in [1.165, 1.54) is 0 Å². The minimum atomic E-state index is -0.253. The van der Waals surface area contributed by atoms with Crippen LogP contribution in [0.5, 0.6) is 0 Å². The third kappa shape index (κ3) is 0.713. The van der Waals surface area contributed by atoms with Crippen LogP contribution in [0, 0.1) is 5.41 Å². The first kappa shape index (κ1) is 7.45. The highest BCUT2D eigenvalue weighted by Crippen LogP contribution is 2.40. The van der Waals surface area contributed by atoms with Crippen LogP contribution in [-0.2, 0) is 9.59 Å². The van der Waals surface area contributed by atoms with E-state index in [0.29, 0.717) is 6.42 Å². The summed E-state index contributed by atoms with van der Waals surface area (Å²) < 4.78 is 0. The molecule has 0 unspecified atom stereocenters. The van der Waals surface area contributed by atoms with E-state index >= 15 is 0 Å². The molecule has 0 aromatic carbocycles. The van der Waals surface area contributed by atoms with E-state index in [1.807, 2.05) is 13.8 Å². The largest absolute Gasteiger partial charge is 0.291 e. The molecule has 2 nitrogen and oxygen atoms in total. The first-order chi connectivity index (χ1) is 4.66. The van der Waals surface area contributed by atoms with Crippen LogP contribution in [0.1, 0.15) is 33.1 Å². The molecule has 0 aliphatic heterocycles. The highest BCUT2D eigenvalue weighted by atomic mass is 16.2. The minimum absolute atomic E-state index is 0.141. The van der Waals surface area contributed by atoms with Gasteiger partial charge in [-0.15, -0.1) is 0 Å². The van der Waals surface area contributed by atoms with E-state index in [0.717, 1.165) is 12.8 Å². The Kier molecular flexibility index (Phi) is 1.63.